The van der Waals surface area contributed by atoms with Crippen molar-refractivity contribution in [1.82, 2.24) is 14.9 Å². The summed E-state index contributed by atoms with van der Waals surface area (Å²) in [6.45, 7) is 8.38. The van der Waals surface area contributed by atoms with Gasteiger partial charge in [-0.05, 0) is 30.2 Å². The molecule has 0 atom stereocenters. The van der Waals surface area contributed by atoms with Gasteiger partial charge >= 0.3 is 0 Å². The van der Waals surface area contributed by atoms with Crippen molar-refractivity contribution in [3.05, 3.63) is 65.7 Å². The predicted octanol–water partition coefficient (Wildman–Crippen LogP) is 2.97. The fourth-order valence-electron chi connectivity index (χ4n) is 2.79. The van der Waals surface area contributed by atoms with Crippen molar-refractivity contribution in [2.24, 2.45) is 4.99 Å². The van der Waals surface area contributed by atoms with Gasteiger partial charge < -0.3 is 10.6 Å². The van der Waals surface area contributed by atoms with Gasteiger partial charge in [-0.2, -0.15) is 0 Å². The lowest BCUT2D eigenvalue weighted by Crippen LogP contribution is -2.43. The molecule has 0 aliphatic carbocycles. The largest absolute Gasteiger partial charge is 0.357 e. The first-order valence-electron chi connectivity index (χ1n) is 9.76. The number of benzene rings is 2. The predicted molar refractivity (Wildman–Crippen MR) is 120 cm³/mol. The zero-order valence-corrected chi connectivity index (χ0v) is 18.8. The standard InChI is InChI=1S/C22H32N4O2S/c1-6-23-21(25-17-22(2,3)19-10-8-7-9-11-19)24-16-18-12-14-20(15-13-18)29(27,28)26(4)5/h7-15H,6,16-17H2,1-5H3,(H2,23,24,25). The van der Waals surface area contributed by atoms with Gasteiger partial charge in [0, 0.05) is 32.6 Å². The van der Waals surface area contributed by atoms with Crippen LogP contribution in [0.1, 0.15) is 31.9 Å². The molecule has 29 heavy (non-hydrogen) atoms. The molecule has 0 fully saturated rings. The van der Waals surface area contributed by atoms with Gasteiger partial charge in [0.15, 0.2) is 5.96 Å². The number of rotatable bonds is 8. The van der Waals surface area contributed by atoms with Crippen LogP contribution in [0.5, 0.6) is 0 Å². The van der Waals surface area contributed by atoms with Crippen LogP contribution in [0.3, 0.4) is 0 Å². The van der Waals surface area contributed by atoms with Gasteiger partial charge in [-0.25, -0.2) is 17.7 Å². The Kier molecular flexibility index (Phi) is 7.81. The van der Waals surface area contributed by atoms with Gasteiger partial charge in [-0.3, -0.25) is 0 Å². The van der Waals surface area contributed by atoms with Gasteiger partial charge in [-0.15, -0.1) is 0 Å². The second-order valence-corrected chi connectivity index (χ2v) is 9.88. The van der Waals surface area contributed by atoms with Crippen LogP contribution >= 0.6 is 0 Å². The number of guanidine groups is 1. The molecule has 0 spiro atoms. The summed E-state index contributed by atoms with van der Waals surface area (Å²) in [6.07, 6.45) is 0. The van der Waals surface area contributed by atoms with Gasteiger partial charge in [0.05, 0.1) is 11.4 Å². The smallest absolute Gasteiger partial charge is 0.242 e. The third-order valence-corrected chi connectivity index (χ3v) is 6.55. The van der Waals surface area contributed by atoms with Crippen LogP contribution in [0.15, 0.2) is 64.5 Å². The minimum atomic E-state index is -3.41. The maximum Gasteiger partial charge on any atom is 0.242 e. The molecular formula is C22H32N4O2S. The normalized spacial score (nSPS) is 12.8. The van der Waals surface area contributed by atoms with Crippen LogP contribution in [0.25, 0.3) is 0 Å². The fraction of sp³-hybridized carbons (Fsp3) is 0.409. The van der Waals surface area contributed by atoms with Crippen molar-refractivity contribution in [2.75, 3.05) is 27.2 Å². The minimum Gasteiger partial charge on any atom is -0.357 e. The van der Waals surface area contributed by atoms with Crippen molar-refractivity contribution < 1.29 is 8.42 Å². The Morgan fingerprint density at radius 3 is 2.17 bits per heavy atom. The highest BCUT2D eigenvalue weighted by Crippen LogP contribution is 2.21. The topological polar surface area (TPSA) is 73.8 Å². The van der Waals surface area contributed by atoms with E-state index >= 15 is 0 Å². The first-order chi connectivity index (χ1) is 13.7. The molecule has 7 heteroatoms. The van der Waals surface area contributed by atoms with Crippen LogP contribution in [0.4, 0.5) is 0 Å². The van der Waals surface area contributed by atoms with E-state index in [2.05, 4.69) is 53.7 Å². The molecule has 158 valence electrons. The first-order valence-corrected chi connectivity index (χ1v) is 11.2. The minimum absolute atomic E-state index is 0.0420. The Labute approximate surface area is 175 Å². The lowest BCUT2D eigenvalue weighted by molar-refractivity contribution is 0.508. The number of sulfonamides is 1. The molecule has 0 aromatic heterocycles. The molecule has 0 unspecified atom stereocenters. The van der Waals surface area contributed by atoms with Crippen LogP contribution in [-0.4, -0.2) is 45.9 Å². The molecule has 0 saturated heterocycles. The Morgan fingerprint density at radius 1 is 1.00 bits per heavy atom. The summed E-state index contributed by atoms with van der Waals surface area (Å²) >= 11 is 0. The average molecular weight is 417 g/mol. The highest BCUT2D eigenvalue weighted by atomic mass is 32.2. The van der Waals surface area contributed by atoms with Gasteiger partial charge in [0.1, 0.15) is 0 Å². The molecule has 2 aromatic carbocycles. The number of nitrogens with one attached hydrogen (secondary N) is 2. The van der Waals surface area contributed by atoms with E-state index in [1.807, 2.05) is 13.0 Å². The molecule has 0 bridgehead atoms. The number of hydrogen-bond donors (Lipinski definition) is 2. The van der Waals surface area contributed by atoms with Gasteiger partial charge in [-0.1, -0.05) is 56.3 Å². The number of hydrogen-bond acceptors (Lipinski definition) is 3. The summed E-state index contributed by atoms with van der Waals surface area (Å²) in [6, 6.07) is 17.2. The number of nitrogens with zero attached hydrogens (tertiary/aromatic N) is 2. The SMILES string of the molecule is CCNC(=NCc1ccc(S(=O)(=O)N(C)C)cc1)NCC(C)(C)c1ccccc1. The first kappa shape index (κ1) is 22.9. The Bertz CT molecular complexity index is 906. The van der Waals surface area contributed by atoms with Crippen LogP contribution in [-0.2, 0) is 22.0 Å². The molecule has 2 N–H and O–H groups in total. The van der Waals surface area contributed by atoms with E-state index in [0.29, 0.717) is 6.54 Å². The highest BCUT2D eigenvalue weighted by molar-refractivity contribution is 7.89. The third-order valence-electron chi connectivity index (χ3n) is 4.72. The average Bonchev–Trinajstić information content (AvgIpc) is 2.71. The summed E-state index contributed by atoms with van der Waals surface area (Å²) in [5.74, 6) is 0.737. The molecule has 2 rings (SSSR count). The Morgan fingerprint density at radius 2 is 1.62 bits per heavy atom. The molecule has 0 radical (unpaired) electrons. The summed E-state index contributed by atoms with van der Waals surface area (Å²) in [7, 11) is -0.359. The van der Waals surface area contributed by atoms with E-state index in [0.717, 1.165) is 24.6 Å². The van der Waals surface area contributed by atoms with E-state index in [1.54, 1.807) is 24.3 Å². The van der Waals surface area contributed by atoms with Gasteiger partial charge in [0.25, 0.3) is 0 Å². The van der Waals surface area contributed by atoms with Crippen molar-refractivity contribution in [3.8, 4) is 0 Å². The summed E-state index contributed by atoms with van der Waals surface area (Å²) in [5.41, 5.74) is 2.17. The van der Waals surface area contributed by atoms with Gasteiger partial charge in [0.2, 0.25) is 10.0 Å². The van der Waals surface area contributed by atoms with E-state index in [1.165, 1.54) is 24.0 Å². The fourth-order valence-corrected chi connectivity index (χ4v) is 3.69. The van der Waals surface area contributed by atoms with E-state index in [-0.39, 0.29) is 10.3 Å². The molecule has 0 aliphatic heterocycles. The van der Waals surface area contributed by atoms with E-state index in [4.69, 9.17) is 0 Å². The van der Waals surface area contributed by atoms with Crippen molar-refractivity contribution in [3.63, 3.8) is 0 Å². The van der Waals surface area contributed by atoms with Crippen LogP contribution in [0, 0.1) is 0 Å². The van der Waals surface area contributed by atoms with Crippen molar-refractivity contribution in [2.45, 2.75) is 37.6 Å². The highest BCUT2D eigenvalue weighted by Gasteiger charge is 2.20. The molecule has 6 nitrogen and oxygen atoms in total. The maximum absolute atomic E-state index is 12.2. The summed E-state index contributed by atoms with van der Waals surface area (Å²) < 4.78 is 25.5. The molecule has 0 aliphatic rings. The zero-order valence-electron chi connectivity index (χ0n) is 17.9. The van der Waals surface area contributed by atoms with Crippen LogP contribution in [0.2, 0.25) is 0 Å². The van der Waals surface area contributed by atoms with E-state index < -0.39 is 10.0 Å². The summed E-state index contributed by atoms with van der Waals surface area (Å²) in [4.78, 5) is 4.92. The second kappa shape index (κ2) is 9.89. The van der Waals surface area contributed by atoms with Crippen molar-refractivity contribution >= 4 is 16.0 Å². The lowest BCUT2D eigenvalue weighted by Gasteiger charge is -2.26. The monoisotopic (exact) mass is 416 g/mol. The van der Waals surface area contributed by atoms with Crippen LogP contribution < -0.4 is 10.6 Å². The maximum atomic E-state index is 12.2. The molecule has 0 saturated carbocycles. The molecule has 2 aromatic rings. The number of aliphatic imine (C=N–C) groups is 1. The molecular weight excluding hydrogens is 384 g/mol. The quantitative estimate of drug-likeness (QED) is 0.513. The Balaban J connectivity index is 2.05. The summed E-state index contributed by atoms with van der Waals surface area (Å²) in [5, 5.41) is 6.68. The molecule has 0 amide bonds. The third kappa shape index (κ3) is 6.30. The molecule has 0 heterocycles. The van der Waals surface area contributed by atoms with E-state index in [9.17, 15) is 8.42 Å². The van der Waals surface area contributed by atoms with Crippen molar-refractivity contribution in [1.29, 1.82) is 0 Å². The zero-order chi connectivity index (χ0) is 21.5. The second-order valence-electron chi connectivity index (χ2n) is 7.73. The lowest BCUT2D eigenvalue weighted by atomic mass is 9.85. The Hall–Kier alpha value is -2.38.